The summed E-state index contributed by atoms with van der Waals surface area (Å²) in [7, 11) is 0. The lowest BCUT2D eigenvalue weighted by Gasteiger charge is -2.42. The summed E-state index contributed by atoms with van der Waals surface area (Å²) < 4.78 is 0. The summed E-state index contributed by atoms with van der Waals surface area (Å²) in [6, 6.07) is 39.2. The summed E-state index contributed by atoms with van der Waals surface area (Å²) in [5.41, 5.74) is 11.8. The number of nitrogens with zero attached hydrogens (tertiary/aromatic N) is 1. The molecule has 0 amide bonds. The highest BCUT2D eigenvalue weighted by Gasteiger charge is 2.39. The van der Waals surface area contributed by atoms with Gasteiger partial charge in [0.2, 0.25) is 0 Å². The second-order valence-electron chi connectivity index (χ2n) is 9.37. The Morgan fingerprint density at radius 2 is 0.971 bits per heavy atom. The first-order chi connectivity index (χ1) is 17.4. The molecule has 0 saturated carbocycles. The normalized spacial score (nSPS) is 19.3. The van der Waals surface area contributed by atoms with Crippen LogP contribution >= 0.6 is 0 Å². The van der Waals surface area contributed by atoms with Gasteiger partial charge in [0.25, 0.3) is 0 Å². The third kappa shape index (κ3) is 3.24. The Hall–Kier alpha value is -4.36. The van der Waals surface area contributed by atoms with Crippen LogP contribution in [0.3, 0.4) is 0 Å². The Bertz CT molecular complexity index is 1500. The van der Waals surface area contributed by atoms with Gasteiger partial charge in [0.05, 0.1) is 5.70 Å². The molecule has 0 fully saturated rings. The summed E-state index contributed by atoms with van der Waals surface area (Å²) >= 11 is 0. The summed E-state index contributed by atoms with van der Waals surface area (Å²) in [6.07, 6.45) is 11.7. The first-order valence-electron chi connectivity index (χ1n) is 12.3. The third-order valence-corrected chi connectivity index (χ3v) is 7.46. The van der Waals surface area contributed by atoms with E-state index >= 15 is 0 Å². The molecule has 2 atom stereocenters. The minimum absolute atomic E-state index is 0.257. The zero-order chi connectivity index (χ0) is 23.2. The van der Waals surface area contributed by atoms with Crippen LogP contribution < -0.4 is 4.90 Å². The number of anilines is 2. The van der Waals surface area contributed by atoms with Crippen molar-refractivity contribution in [2.75, 3.05) is 4.90 Å². The molecule has 2 unspecified atom stereocenters. The van der Waals surface area contributed by atoms with Crippen LogP contribution in [0, 0.1) is 0 Å². The number of rotatable bonds is 3. The maximum Gasteiger partial charge on any atom is 0.0503 e. The zero-order valence-corrected chi connectivity index (χ0v) is 19.4. The van der Waals surface area contributed by atoms with Crippen molar-refractivity contribution in [1.29, 1.82) is 0 Å². The Morgan fingerprint density at radius 3 is 1.60 bits per heavy atom. The van der Waals surface area contributed by atoms with Gasteiger partial charge < -0.3 is 4.90 Å². The standard InChI is InChI=1S/C34H25N/c1-3-13-27(14-4-1)35(28-15-5-2-6-16-28)32-23-26-20-19-24-11-7-9-17-29(24)33(26)34-30-18-10-8-12-25(30)21-22-31(32)34/h1-23,33-34H. The van der Waals surface area contributed by atoms with E-state index in [1.807, 2.05) is 0 Å². The molecule has 0 bridgehead atoms. The molecule has 4 aromatic carbocycles. The van der Waals surface area contributed by atoms with Crippen LogP contribution in [0.1, 0.15) is 34.1 Å². The minimum Gasteiger partial charge on any atom is -0.310 e. The number of fused-ring (bicyclic) bond motifs is 7. The Labute approximate surface area is 206 Å². The second-order valence-corrected chi connectivity index (χ2v) is 9.37. The van der Waals surface area contributed by atoms with E-state index in [-0.39, 0.29) is 5.92 Å². The smallest absolute Gasteiger partial charge is 0.0503 e. The number of hydrogen-bond donors (Lipinski definition) is 0. The molecule has 4 aromatic rings. The summed E-state index contributed by atoms with van der Waals surface area (Å²) in [6.45, 7) is 0. The molecule has 1 heteroatoms. The Morgan fingerprint density at radius 1 is 0.457 bits per heavy atom. The largest absolute Gasteiger partial charge is 0.310 e. The molecule has 1 nitrogen and oxygen atoms in total. The van der Waals surface area contributed by atoms with E-state index in [1.165, 1.54) is 50.5 Å². The van der Waals surface area contributed by atoms with Crippen LogP contribution in [-0.2, 0) is 0 Å². The van der Waals surface area contributed by atoms with Crippen LogP contribution in [0.4, 0.5) is 11.4 Å². The van der Waals surface area contributed by atoms with Gasteiger partial charge >= 0.3 is 0 Å². The second kappa shape index (κ2) is 8.14. The molecule has 166 valence electrons. The van der Waals surface area contributed by atoms with Gasteiger partial charge in [0.1, 0.15) is 0 Å². The summed E-state index contributed by atoms with van der Waals surface area (Å²) in [4.78, 5) is 2.41. The van der Waals surface area contributed by atoms with Crippen molar-refractivity contribution in [3.63, 3.8) is 0 Å². The SMILES string of the molecule is C1=Cc2ccccc2C2C1=CC(N(c1ccccc1)c1ccccc1)=C1C=Cc3ccccc3C12. The average Bonchev–Trinajstić information content (AvgIpc) is 2.94. The molecule has 0 spiro atoms. The predicted octanol–water partition coefficient (Wildman–Crippen LogP) is 8.64. The van der Waals surface area contributed by atoms with Gasteiger partial charge in [-0.15, -0.1) is 0 Å². The number of para-hydroxylation sites is 2. The highest BCUT2D eigenvalue weighted by atomic mass is 15.1. The fourth-order valence-electron chi connectivity index (χ4n) is 5.94. The number of benzene rings is 4. The molecule has 0 radical (unpaired) electrons. The fraction of sp³-hybridized carbons (Fsp3) is 0.0588. The highest BCUT2D eigenvalue weighted by Crippen LogP contribution is 2.54. The number of hydrogen-bond acceptors (Lipinski definition) is 1. The van der Waals surface area contributed by atoms with Gasteiger partial charge in [0.15, 0.2) is 0 Å². The molecule has 3 aliphatic rings. The molecule has 0 aliphatic heterocycles. The molecule has 35 heavy (non-hydrogen) atoms. The maximum absolute atomic E-state index is 2.42. The van der Waals surface area contributed by atoms with Crippen LogP contribution in [-0.4, -0.2) is 0 Å². The zero-order valence-electron chi connectivity index (χ0n) is 19.4. The van der Waals surface area contributed by atoms with Crippen molar-refractivity contribution in [2.24, 2.45) is 0 Å². The van der Waals surface area contributed by atoms with Gasteiger partial charge in [0, 0.05) is 23.2 Å². The van der Waals surface area contributed by atoms with Crippen molar-refractivity contribution in [3.8, 4) is 0 Å². The van der Waals surface area contributed by atoms with Crippen LogP contribution in [0.15, 0.2) is 144 Å². The van der Waals surface area contributed by atoms with Crippen LogP contribution in [0.2, 0.25) is 0 Å². The highest BCUT2D eigenvalue weighted by molar-refractivity contribution is 5.79. The summed E-state index contributed by atoms with van der Waals surface area (Å²) in [5, 5.41) is 0. The predicted molar refractivity (Wildman–Crippen MR) is 147 cm³/mol. The van der Waals surface area contributed by atoms with Crippen LogP contribution in [0.25, 0.3) is 12.2 Å². The Kier molecular flexibility index (Phi) is 4.67. The molecule has 0 saturated heterocycles. The number of allylic oxidation sites excluding steroid dienone is 5. The minimum atomic E-state index is 0.257. The third-order valence-electron chi connectivity index (χ3n) is 7.46. The molecular formula is C34H25N. The van der Waals surface area contributed by atoms with E-state index in [2.05, 4.69) is 144 Å². The lowest BCUT2D eigenvalue weighted by molar-refractivity contribution is 0.664. The van der Waals surface area contributed by atoms with E-state index in [9.17, 15) is 0 Å². The molecule has 0 aromatic heterocycles. The average molecular weight is 448 g/mol. The Balaban J connectivity index is 1.52. The van der Waals surface area contributed by atoms with Crippen LogP contribution in [0.5, 0.6) is 0 Å². The lowest BCUT2D eigenvalue weighted by atomic mass is 9.64. The molecule has 7 rings (SSSR count). The van der Waals surface area contributed by atoms with E-state index < -0.39 is 0 Å². The van der Waals surface area contributed by atoms with Gasteiger partial charge in [-0.1, -0.05) is 109 Å². The maximum atomic E-state index is 2.42. The summed E-state index contributed by atoms with van der Waals surface area (Å²) in [5.74, 6) is 0.557. The monoisotopic (exact) mass is 447 g/mol. The lowest BCUT2D eigenvalue weighted by Crippen LogP contribution is -2.28. The van der Waals surface area contributed by atoms with Gasteiger partial charge in [-0.2, -0.15) is 0 Å². The molecule has 3 aliphatic carbocycles. The van der Waals surface area contributed by atoms with Gasteiger partial charge in [-0.25, -0.2) is 0 Å². The van der Waals surface area contributed by atoms with Gasteiger partial charge in [-0.05, 0) is 63.7 Å². The van der Waals surface area contributed by atoms with Crippen molar-refractivity contribution < 1.29 is 0 Å². The van der Waals surface area contributed by atoms with Crippen molar-refractivity contribution in [3.05, 3.63) is 167 Å². The van der Waals surface area contributed by atoms with Crippen molar-refractivity contribution >= 4 is 23.5 Å². The van der Waals surface area contributed by atoms with E-state index in [0.717, 1.165) is 0 Å². The fourth-order valence-corrected chi connectivity index (χ4v) is 5.94. The quantitative estimate of drug-likeness (QED) is 0.304. The molecule has 0 heterocycles. The van der Waals surface area contributed by atoms with E-state index in [0.29, 0.717) is 5.92 Å². The van der Waals surface area contributed by atoms with E-state index in [1.54, 1.807) is 0 Å². The van der Waals surface area contributed by atoms with Gasteiger partial charge in [-0.3, -0.25) is 0 Å². The first kappa shape index (κ1) is 20.1. The molecule has 0 N–H and O–H groups in total. The van der Waals surface area contributed by atoms with Crippen molar-refractivity contribution in [1.82, 2.24) is 0 Å². The van der Waals surface area contributed by atoms with Crippen molar-refractivity contribution in [2.45, 2.75) is 11.8 Å². The van der Waals surface area contributed by atoms with E-state index in [4.69, 9.17) is 0 Å². The topological polar surface area (TPSA) is 3.24 Å². The molecular weight excluding hydrogens is 422 g/mol. The first-order valence-corrected chi connectivity index (χ1v) is 12.3.